The van der Waals surface area contributed by atoms with Crippen LogP contribution in [0.15, 0.2) is 58.1 Å². The van der Waals surface area contributed by atoms with Crippen LogP contribution in [0, 0.1) is 0 Å². The highest BCUT2D eigenvalue weighted by Crippen LogP contribution is 2.16. The molecular weight excluding hydrogens is 519 g/mol. The molecular formula is C24H37IN4O3. The van der Waals surface area contributed by atoms with E-state index in [0.717, 1.165) is 58.6 Å². The van der Waals surface area contributed by atoms with Crippen molar-refractivity contribution in [2.75, 3.05) is 39.3 Å². The number of ether oxygens (including phenoxy) is 1. The molecule has 0 spiro atoms. The first-order valence-corrected chi connectivity index (χ1v) is 11.4. The molecule has 1 aromatic carbocycles. The predicted molar refractivity (Wildman–Crippen MR) is 138 cm³/mol. The summed E-state index contributed by atoms with van der Waals surface area (Å²) in [6.45, 7) is 7.76. The van der Waals surface area contributed by atoms with E-state index >= 15 is 0 Å². The molecule has 1 saturated heterocycles. The zero-order valence-corrected chi connectivity index (χ0v) is 21.2. The average molecular weight is 556 g/mol. The number of likely N-dealkylation sites (tertiary alicyclic amines) is 1. The smallest absolute Gasteiger partial charge is 0.191 e. The molecule has 2 heterocycles. The Bertz CT molecular complexity index is 750. The van der Waals surface area contributed by atoms with Gasteiger partial charge in [-0.1, -0.05) is 30.3 Å². The van der Waals surface area contributed by atoms with Gasteiger partial charge < -0.3 is 24.9 Å². The third kappa shape index (κ3) is 9.48. The van der Waals surface area contributed by atoms with Crippen molar-refractivity contribution in [1.29, 1.82) is 0 Å². The summed E-state index contributed by atoms with van der Waals surface area (Å²) < 4.78 is 11.3. The van der Waals surface area contributed by atoms with E-state index in [1.807, 2.05) is 6.92 Å². The zero-order chi connectivity index (χ0) is 21.7. The fourth-order valence-electron chi connectivity index (χ4n) is 3.69. The van der Waals surface area contributed by atoms with E-state index in [1.165, 1.54) is 5.56 Å². The molecule has 1 unspecified atom stereocenters. The number of hydrogen-bond donors (Lipinski definition) is 3. The number of aliphatic imine (C=N–C) groups is 1. The molecule has 1 aliphatic rings. The summed E-state index contributed by atoms with van der Waals surface area (Å²) in [7, 11) is 0. The molecule has 8 heteroatoms. The van der Waals surface area contributed by atoms with Gasteiger partial charge in [0.1, 0.15) is 11.9 Å². The van der Waals surface area contributed by atoms with Gasteiger partial charge in [0.05, 0.1) is 18.9 Å². The molecule has 3 rings (SSSR count). The molecule has 1 fully saturated rings. The maximum absolute atomic E-state index is 10.1. The van der Waals surface area contributed by atoms with Crippen LogP contribution >= 0.6 is 24.0 Å². The topological polar surface area (TPSA) is 82.3 Å². The van der Waals surface area contributed by atoms with Crippen LogP contribution in [-0.2, 0) is 11.3 Å². The number of aliphatic hydroxyl groups is 1. The van der Waals surface area contributed by atoms with Gasteiger partial charge in [0.15, 0.2) is 5.96 Å². The Kier molecular flexibility index (Phi) is 12.7. The number of nitrogens with one attached hydrogen (secondary N) is 2. The standard InChI is InChI=1S/C24H36N4O3.HI/c1-2-25-24(27-18-22(29)23-10-6-16-31-23)26-13-7-17-30-21-11-14-28(15-12-21)19-20-8-4-3-5-9-20;/h3-6,8-10,16,21-22,29H,2,7,11-15,17-19H2,1H3,(H2,25,26,27);1H. The lowest BCUT2D eigenvalue weighted by atomic mass is 10.1. The first-order valence-electron chi connectivity index (χ1n) is 11.4. The molecule has 0 saturated carbocycles. The van der Waals surface area contributed by atoms with E-state index in [4.69, 9.17) is 9.15 Å². The van der Waals surface area contributed by atoms with Gasteiger partial charge in [0.2, 0.25) is 0 Å². The monoisotopic (exact) mass is 556 g/mol. The Morgan fingerprint density at radius 3 is 2.66 bits per heavy atom. The van der Waals surface area contributed by atoms with Crippen LogP contribution in [0.4, 0.5) is 0 Å². The number of aliphatic hydroxyl groups excluding tert-OH is 1. The van der Waals surface area contributed by atoms with Crippen LogP contribution in [0.2, 0.25) is 0 Å². The van der Waals surface area contributed by atoms with E-state index in [9.17, 15) is 5.11 Å². The normalized spacial score (nSPS) is 16.4. The van der Waals surface area contributed by atoms with Crippen molar-refractivity contribution in [1.82, 2.24) is 15.5 Å². The van der Waals surface area contributed by atoms with Gasteiger partial charge in [-0.15, -0.1) is 24.0 Å². The third-order valence-electron chi connectivity index (χ3n) is 5.39. The second-order valence-electron chi connectivity index (χ2n) is 7.86. The SMILES string of the molecule is CCNC(=NCC(O)c1ccco1)NCCCOC1CCN(Cc2ccccc2)CC1.I. The summed E-state index contributed by atoms with van der Waals surface area (Å²) in [5.74, 6) is 1.23. The molecule has 0 bridgehead atoms. The van der Waals surface area contributed by atoms with E-state index in [-0.39, 0.29) is 30.5 Å². The summed E-state index contributed by atoms with van der Waals surface area (Å²) in [5, 5.41) is 16.6. The van der Waals surface area contributed by atoms with Gasteiger partial charge in [-0.05, 0) is 43.9 Å². The summed E-state index contributed by atoms with van der Waals surface area (Å²) in [5.41, 5.74) is 1.38. The fraction of sp³-hybridized carbons (Fsp3) is 0.542. The number of nitrogens with zero attached hydrogens (tertiary/aromatic N) is 2. The van der Waals surface area contributed by atoms with Gasteiger partial charge >= 0.3 is 0 Å². The summed E-state index contributed by atoms with van der Waals surface area (Å²) in [4.78, 5) is 6.94. The van der Waals surface area contributed by atoms with Crippen LogP contribution in [0.5, 0.6) is 0 Å². The Balaban J connectivity index is 0.00000363. The van der Waals surface area contributed by atoms with Crippen molar-refractivity contribution in [2.24, 2.45) is 4.99 Å². The van der Waals surface area contributed by atoms with Crippen molar-refractivity contribution in [3.05, 3.63) is 60.1 Å². The highest BCUT2D eigenvalue weighted by Gasteiger charge is 2.19. The molecule has 1 atom stereocenters. The maximum atomic E-state index is 10.1. The largest absolute Gasteiger partial charge is 0.467 e. The van der Waals surface area contributed by atoms with Gasteiger partial charge in [-0.3, -0.25) is 9.89 Å². The van der Waals surface area contributed by atoms with Crippen molar-refractivity contribution in [3.63, 3.8) is 0 Å². The minimum absolute atomic E-state index is 0. The minimum atomic E-state index is -0.735. The van der Waals surface area contributed by atoms with Crippen LogP contribution < -0.4 is 10.6 Å². The van der Waals surface area contributed by atoms with Gasteiger partial charge in [0, 0.05) is 39.3 Å². The van der Waals surface area contributed by atoms with Gasteiger partial charge in [-0.2, -0.15) is 0 Å². The van der Waals surface area contributed by atoms with Crippen LogP contribution in [-0.4, -0.2) is 61.4 Å². The van der Waals surface area contributed by atoms with E-state index < -0.39 is 6.10 Å². The lowest BCUT2D eigenvalue weighted by Gasteiger charge is -2.32. The first kappa shape index (κ1) is 26.6. The first-order chi connectivity index (χ1) is 15.2. The number of guanidine groups is 1. The molecule has 3 N–H and O–H groups in total. The number of furan rings is 1. The molecule has 0 amide bonds. The molecule has 1 aliphatic heterocycles. The predicted octanol–water partition coefficient (Wildman–Crippen LogP) is 3.56. The Morgan fingerprint density at radius 1 is 1.19 bits per heavy atom. The quantitative estimate of drug-likeness (QED) is 0.170. The lowest BCUT2D eigenvalue weighted by molar-refractivity contribution is 0.00534. The van der Waals surface area contributed by atoms with Gasteiger partial charge in [-0.25, -0.2) is 0 Å². The van der Waals surface area contributed by atoms with E-state index in [0.29, 0.717) is 17.8 Å². The highest BCUT2D eigenvalue weighted by atomic mass is 127. The van der Waals surface area contributed by atoms with Crippen LogP contribution in [0.3, 0.4) is 0 Å². The number of rotatable bonds is 11. The van der Waals surface area contributed by atoms with Crippen molar-refractivity contribution < 1.29 is 14.3 Å². The van der Waals surface area contributed by atoms with E-state index in [1.54, 1.807) is 18.4 Å². The molecule has 0 aliphatic carbocycles. The summed E-state index contributed by atoms with van der Waals surface area (Å²) in [6, 6.07) is 14.2. The second kappa shape index (κ2) is 15.3. The number of benzene rings is 1. The van der Waals surface area contributed by atoms with Crippen molar-refractivity contribution in [2.45, 2.75) is 44.9 Å². The van der Waals surface area contributed by atoms with Crippen molar-refractivity contribution >= 4 is 29.9 Å². The number of piperidine rings is 1. The van der Waals surface area contributed by atoms with Crippen molar-refractivity contribution in [3.8, 4) is 0 Å². The number of halogens is 1. The zero-order valence-electron chi connectivity index (χ0n) is 18.9. The lowest BCUT2D eigenvalue weighted by Crippen LogP contribution is -2.39. The van der Waals surface area contributed by atoms with Crippen LogP contribution in [0.25, 0.3) is 0 Å². The molecule has 7 nitrogen and oxygen atoms in total. The van der Waals surface area contributed by atoms with Gasteiger partial charge in [0.25, 0.3) is 0 Å². The summed E-state index contributed by atoms with van der Waals surface area (Å²) in [6.07, 6.45) is 4.28. The Labute approximate surface area is 208 Å². The molecule has 1 aromatic heterocycles. The second-order valence-corrected chi connectivity index (χ2v) is 7.86. The third-order valence-corrected chi connectivity index (χ3v) is 5.39. The molecule has 0 radical (unpaired) electrons. The maximum Gasteiger partial charge on any atom is 0.191 e. The molecule has 2 aromatic rings. The molecule has 178 valence electrons. The van der Waals surface area contributed by atoms with E-state index in [2.05, 4.69) is 50.9 Å². The average Bonchev–Trinajstić information content (AvgIpc) is 3.34. The Morgan fingerprint density at radius 2 is 1.97 bits per heavy atom. The summed E-state index contributed by atoms with van der Waals surface area (Å²) >= 11 is 0. The highest BCUT2D eigenvalue weighted by molar-refractivity contribution is 14.0. The molecule has 32 heavy (non-hydrogen) atoms. The Hall–Kier alpha value is -1.62. The number of hydrogen-bond acceptors (Lipinski definition) is 5. The fourth-order valence-corrected chi connectivity index (χ4v) is 3.69. The van der Waals surface area contributed by atoms with Crippen LogP contribution in [0.1, 0.15) is 43.6 Å². The minimum Gasteiger partial charge on any atom is -0.467 e.